The van der Waals surface area contributed by atoms with Crippen molar-refractivity contribution < 1.29 is 5.11 Å². The standard InChI is InChI=1S/C18H21BrO/c1-13(2)17-9-4-3-6-14(17)10-11-18(20)15-7-5-8-16(19)12-15/h3-9,12-13,18,20H,10-11H2,1-2H3. The van der Waals surface area contributed by atoms with Crippen LogP contribution in [0, 0.1) is 0 Å². The van der Waals surface area contributed by atoms with E-state index in [1.807, 2.05) is 24.3 Å². The Balaban J connectivity index is 2.05. The SMILES string of the molecule is CC(C)c1ccccc1CCC(O)c1cccc(Br)c1. The van der Waals surface area contributed by atoms with Crippen molar-refractivity contribution in [2.75, 3.05) is 0 Å². The first-order valence-corrected chi connectivity index (χ1v) is 7.88. The number of benzene rings is 2. The number of rotatable bonds is 5. The lowest BCUT2D eigenvalue weighted by molar-refractivity contribution is 0.167. The second-order valence-corrected chi connectivity index (χ2v) is 6.38. The Morgan fingerprint density at radius 2 is 1.80 bits per heavy atom. The van der Waals surface area contributed by atoms with Gasteiger partial charge in [-0.1, -0.05) is 66.2 Å². The van der Waals surface area contributed by atoms with E-state index in [1.165, 1.54) is 11.1 Å². The molecule has 0 spiro atoms. The normalized spacial score (nSPS) is 12.7. The molecule has 106 valence electrons. The zero-order valence-electron chi connectivity index (χ0n) is 12.0. The Labute approximate surface area is 129 Å². The Kier molecular flexibility index (Phi) is 5.38. The number of hydrogen-bond acceptors (Lipinski definition) is 1. The van der Waals surface area contributed by atoms with Crippen molar-refractivity contribution in [1.82, 2.24) is 0 Å². The highest BCUT2D eigenvalue weighted by Gasteiger charge is 2.11. The molecule has 0 saturated heterocycles. The Bertz CT molecular complexity index is 563. The zero-order chi connectivity index (χ0) is 14.5. The van der Waals surface area contributed by atoms with E-state index in [9.17, 15) is 5.11 Å². The van der Waals surface area contributed by atoms with Crippen LogP contribution >= 0.6 is 15.9 Å². The van der Waals surface area contributed by atoms with Crippen LogP contribution in [-0.4, -0.2) is 5.11 Å². The van der Waals surface area contributed by atoms with Crippen molar-refractivity contribution in [3.05, 3.63) is 69.7 Å². The zero-order valence-corrected chi connectivity index (χ0v) is 13.6. The van der Waals surface area contributed by atoms with Crippen LogP contribution in [0.4, 0.5) is 0 Å². The van der Waals surface area contributed by atoms with Gasteiger partial charge >= 0.3 is 0 Å². The molecule has 2 rings (SSSR count). The summed E-state index contributed by atoms with van der Waals surface area (Å²) in [6.07, 6.45) is 1.25. The summed E-state index contributed by atoms with van der Waals surface area (Å²) in [6.45, 7) is 4.42. The van der Waals surface area contributed by atoms with Crippen molar-refractivity contribution in [2.45, 2.75) is 38.7 Å². The molecule has 0 radical (unpaired) electrons. The Morgan fingerprint density at radius 3 is 2.50 bits per heavy atom. The van der Waals surface area contributed by atoms with Gasteiger partial charge in [-0.2, -0.15) is 0 Å². The maximum atomic E-state index is 10.3. The summed E-state index contributed by atoms with van der Waals surface area (Å²) in [6, 6.07) is 16.4. The molecule has 0 amide bonds. The van der Waals surface area contributed by atoms with E-state index in [1.54, 1.807) is 0 Å². The van der Waals surface area contributed by atoms with Gasteiger partial charge in [0.05, 0.1) is 6.10 Å². The summed E-state index contributed by atoms with van der Waals surface area (Å²) in [4.78, 5) is 0. The molecule has 0 heterocycles. The molecule has 0 fully saturated rings. The summed E-state index contributed by atoms with van der Waals surface area (Å²) in [5.74, 6) is 0.522. The van der Waals surface area contributed by atoms with Gasteiger partial charge in [0.25, 0.3) is 0 Å². The van der Waals surface area contributed by atoms with Crippen LogP contribution in [0.3, 0.4) is 0 Å². The third kappa shape index (κ3) is 3.94. The molecule has 1 unspecified atom stereocenters. The highest BCUT2D eigenvalue weighted by atomic mass is 79.9. The van der Waals surface area contributed by atoms with Crippen molar-refractivity contribution in [3.63, 3.8) is 0 Å². The molecular formula is C18H21BrO. The minimum absolute atomic E-state index is 0.410. The van der Waals surface area contributed by atoms with Crippen molar-refractivity contribution in [2.24, 2.45) is 0 Å². The molecule has 1 N–H and O–H groups in total. The van der Waals surface area contributed by atoms with Crippen LogP contribution in [0.25, 0.3) is 0 Å². The smallest absolute Gasteiger partial charge is 0.0793 e. The second kappa shape index (κ2) is 7.05. The summed E-state index contributed by atoms with van der Waals surface area (Å²) in [5.41, 5.74) is 3.70. The minimum Gasteiger partial charge on any atom is -0.388 e. The van der Waals surface area contributed by atoms with Crippen molar-refractivity contribution in [1.29, 1.82) is 0 Å². The predicted molar refractivity (Wildman–Crippen MR) is 88.0 cm³/mol. The minimum atomic E-state index is -0.410. The van der Waals surface area contributed by atoms with E-state index < -0.39 is 6.10 Å². The van der Waals surface area contributed by atoms with Crippen molar-refractivity contribution >= 4 is 15.9 Å². The molecular weight excluding hydrogens is 312 g/mol. The largest absolute Gasteiger partial charge is 0.388 e. The van der Waals surface area contributed by atoms with Gasteiger partial charge in [0.2, 0.25) is 0 Å². The average Bonchev–Trinajstić information content (AvgIpc) is 2.45. The summed E-state index contributed by atoms with van der Waals surface area (Å²) in [7, 11) is 0. The lowest BCUT2D eigenvalue weighted by Crippen LogP contribution is -2.02. The molecule has 0 aliphatic carbocycles. The van der Waals surface area contributed by atoms with Gasteiger partial charge in [0.1, 0.15) is 0 Å². The molecule has 0 saturated carbocycles. The molecule has 2 aromatic rings. The first-order valence-electron chi connectivity index (χ1n) is 7.09. The van der Waals surface area contributed by atoms with Gasteiger partial charge in [0, 0.05) is 4.47 Å². The molecule has 0 bridgehead atoms. The molecule has 0 aliphatic rings. The van der Waals surface area contributed by atoms with E-state index in [0.717, 1.165) is 22.9 Å². The monoisotopic (exact) mass is 332 g/mol. The molecule has 20 heavy (non-hydrogen) atoms. The van der Waals surface area contributed by atoms with Gasteiger partial charge in [-0.25, -0.2) is 0 Å². The average molecular weight is 333 g/mol. The number of hydrogen-bond donors (Lipinski definition) is 1. The van der Waals surface area contributed by atoms with E-state index in [2.05, 4.69) is 54.0 Å². The van der Waals surface area contributed by atoms with Gasteiger partial charge in [-0.05, 0) is 47.6 Å². The first kappa shape index (κ1) is 15.3. The summed E-state index contributed by atoms with van der Waals surface area (Å²) >= 11 is 3.45. The van der Waals surface area contributed by atoms with Crippen LogP contribution < -0.4 is 0 Å². The van der Waals surface area contributed by atoms with E-state index in [-0.39, 0.29) is 0 Å². The fourth-order valence-corrected chi connectivity index (χ4v) is 2.91. The van der Waals surface area contributed by atoms with Gasteiger partial charge in [0.15, 0.2) is 0 Å². The van der Waals surface area contributed by atoms with E-state index in [4.69, 9.17) is 0 Å². The van der Waals surface area contributed by atoms with Gasteiger partial charge < -0.3 is 5.11 Å². The van der Waals surface area contributed by atoms with Crippen LogP contribution in [0.15, 0.2) is 53.0 Å². The lowest BCUT2D eigenvalue weighted by atomic mass is 9.93. The fraction of sp³-hybridized carbons (Fsp3) is 0.333. The van der Waals surface area contributed by atoms with Crippen LogP contribution in [0.1, 0.15) is 49.0 Å². The highest BCUT2D eigenvalue weighted by Crippen LogP contribution is 2.25. The Morgan fingerprint density at radius 1 is 1.05 bits per heavy atom. The molecule has 0 aromatic heterocycles. The quantitative estimate of drug-likeness (QED) is 0.793. The number of halogens is 1. The van der Waals surface area contributed by atoms with Gasteiger partial charge in [-0.3, -0.25) is 0 Å². The molecule has 1 atom stereocenters. The molecule has 0 aliphatic heterocycles. The maximum absolute atomic E-state index is 10.3. The van der Waals surface area contributed by atoms with Gasteiger partial charge in [-0.15, -0.1) is 0 Å². The van der Waals surface area contributed by atoms with Crippen LogP contribution in [0.2, 0.25) is 0 Å². The summed E-state index contributed by atoms with van der Waals surface area (Å²) < 4.78 is 1.01. The molecule has 2 heteroatoms. The fourth-order valence-electron chi connectivity index (χ4n) is 2.50. The number of aliphatic hydroxyl groups is 1. The van der Waals surface area contributed by atoms with Crippen LogP contribution in [-0.2, 0) is 6.42 Å². The van der Waals surface area contributed by atoms with E-state index in [0.29, 0.717) is 5.92 Å². The predicted octanol–water partition coefficient (Wildman–Crippen LogP) is 5.24. The van der Waals surface area contributed by atoms with Crippen LogP contribution in [0.5, 0.6) is 0 Å². The first-order chi connectivity index (χ1) is 9.58. The van der Waals surface area contributed by atoms with Crippen molar-refractivity contribution in [3.8, 4) is 0 Å². The third-order valence-corrected chi connectivity index (χ3v) is 4.09. The summed E-state index contributed by atoms with van der Waals surface area (Å²) in [5, 5.41) is 10.3. The number of aliphatic hydroxyl groups excluding tert-OH is 1. The highest BCUT2D eigenvalue weighted by molar-refractivity contribution is 9.10. The molecule has 1 nitrogen and oxygen atoms in total. The number of aryl methyl sites for hydroxylation is 1. The molecule has 2 aromatic carbocycles. The Hall–Kier alpha value is -1.12. The topological polar surface area (TPSA) is 20.2 Å². The third-order valence-electron chi connectivity index (χ3n) is 3.60. The van der Waals surface area contributed by atoms with E-state index >= 15 is 0 Å². The lowest BCUT2D eigenvalue weighted by Gasteiger charge is -2.15. The maximum Gasteiger partial charge on any atom is 0.0793 e. The second-order valence-electron chi connectivity index (χ2n) is 5.46.